The Balaban J connectivity index is 1.05. The van der Waals surface area contributed by atoms with Gasteiger partial charge in [-0.2, -0.15) is 10.2 Å². The molecule has 8 nitrogen and oxygen atoms in total. The van der Waals surface area contributed by atoms with Crippen molar-refractivity contribution in [1.29, 1.82) is 0 Å². The molecule has 0 N–H and O–H groups in total. The predicted molar refractivity (Wildman–Crippen MR) is 196 cm³/mol. The molecular formula is C39H34N6O2S2. The van der Waals surface area contributed by atoms with Crippen LogP contribution in [0.15, 0.2) is 134 Å². The van der Waals surface area contributed by atoms with Gasteiger partial charge in [0.1, 0.15) is 10.7 Å². The summed E-state index contributed by atoms with van der Waals surface area (Å²) in [5.41, 5.74) is 7.73. The van der Waals surface area contributed by atoms with Crippen molar-refractivity contribution < 1.29 is 9.59 Å². The van der Waals surface area contributed by atoms with Gasteiger partial charge >= 0.3 is 0 Å². The highest BCUT2D eigenvalue weighted by Gasteiger charge is 2.38. The summed E-state index contributed by atoms with van der Waals surface area (Å²) in [6, 6.07) is 40.4. The first kappa shape index (κ1) is 31.2. The van der Waals surface area contributed by atoms with Crippen molar-refractivity contribution >= 4 is 35.3 Å². The van der Waals surface area contributed by atoms with Crippen molar-refractivity contribution in [1.82, 2.24) is 29.4 Å². The topological polar surface area (TPSA) is 76.3 Å². The van der Waals surface area contributed by atoms with Gasteiger partial charge in [0.15, 0.2) is 0 Å². The zero-order chi connectivity index (χ0) is 33.2. The molecule has 0 bridgehead atoms. The smallest absolute Gasteiger partial charge is 0.233 e. The zero-order valence-electron chi connectivity index (χ0n) is 26.7. The lowest BCUT2D eigenvalue weighted by molar-refractivity contribution is -0.128. The van der Waals surface area contributed by atoms with Gasteiger partial charge in [-0.15, -0.1) is 23.5 Å². The molecule has 8 rings (SSSR count). The molecule has 2 fully saturated rings. The van der Waals surface area contributed by atoms with Crippen molar-refractivity contribution in [2.75, 3.05) is 24.6 Å². The van der Waals surface area contributed by atoms with Gasteiger partial charge in [0, 0.05) is 47.7 Å². The van der Waals surface area contributed by atoms with Crippen molar-refractivity contribution in [2.45, 2.75) is 17.2 Å². The van der Waals surface area contributed by atoms with Crippen LogP contribution in [0.4, 0.5) is 0 Å². The van der Waals surface area contributed by atoms with Crippen LogP contribution in [0, 0.1) is 0 Å². The molecule has 4 aromatic carbocycles. The molecule has 2 aromatic heterocycles. The summed E-state index contributed by atoms with van der Waals surface area (Å²) in [4.78, 5) is 30.7. The van der Waals surface area contributed by atoms with Crippen molar-refractivity contribution in [3.8, 4) is 33.9 Å². The van der Waals surface area contributed by atoms with E-state index in [-0.39, 0.29) is 22.6 Å². The van der Waals surface area contributed by atoms with Crippen LogP contribution in [0.1, 0.15) is 28.3 Å². The first-order valence-electron chi connectivity index (χ1n) is 16.4. The number of aromatic nitrogens is 4. The average molecular weight is 683 g/mol. The van der Waals surface area contributed by atoms with Crippen LogP contribution < -0.4 is 0 Å². The summed E-state index contributed by atoms with van der Waals surface area (Å²) < 4.78 is 3.81. The van der Waals surface area contributed by atoms with E-state index in [0.717, 1.165) is 45.0 Å². The summed E-state index contributed by atoms with van der Waals surface area (Å²) in [5, 5.41) is 9.68. The molecule has 2 saturated heterocycles. The van der Waals surface area contributed by atoms with Gasteiger partial charge < -0.3 is 9.80 Å². The summed E-state index contributed by atoms with van der Waals surface area (Å²) in [5.74, 6) is 1.04. The average Bonchev–Trinajstić information content (AvgIpc) is 3.96. The highest BCUT2D eigenvalue weighted by atomic mass is 32.2. The molecular weight excluding hydrogens is 649 g/mol. The third-order valence-electron chi connectivity index (χ3n) is 8.89. The number of carbonyl (C=O) groups excluding carboxylic acids is 2. The number of hydrogen-bond acceptors (Lipinski definition) is 6. The Morgan fingerprint density at radius 1 is 0.531 bits per heavy atom. The van der Waals surface area contributed by atoms with Crippen LogP contribution in [0.2, 0.25) is 0 Å². The minimum atomic E-state index is -0.173. The SMILES string of the molecule is O=C1CSC(c2cn(-c3ccccc3)nc2-c2ccccc2)N1CCCN1C(=O)CSC1c1cn(-c2ccccc2)nc1-c1ccccc1. The first-order valence-corrected chi connectivity index (χ1v) is 18.5. The van der Waals surface area contributed by atoms with Crippen LogP contribution in [-0.2, 0) is 9.59 Å². The lowest BCUT2D eigenvalue weighted by Crippen LogP contribution is -2.34. The Labute approximate surface area is 293 Å². The monoisotopic (exact) mass is 682 g/mol. The van der Waals surface area contributed by atoms with Gasteiger partial charge in [-0.3, -0.25) is 9.59 Å². The van der Waals surface area contributed by atoms with Crippen LogP contribution in [0.25, 0.3) is 33.9 Å². The van der Waals surface area contributed by atoms with Gasteiger partial charge in [0.25, 0.3) is 0 Å². The molecule has 0 spiro atoms. The quantitative estimate of drug-likeness (QED) is 0.148. The second kappa shape index (κ2) is 13.8. The molecule has 6 aromatic rings. The normalized spacial score (nSPS) is 17.7. The van der Waals surface area contributed by atoms with E-state index in [4.69, 9.17) is 10.2 Å². The fraction of sp³-hybridized carbons (Fsp3) is 0.179. The number of nitrogens with zero attached hydrogens (tertiary/aromatic N) is 6. The number of amides is 2. The minimum Gasteiger partial charge on any atom is -0.326 e. The fourth-order valence-corrected chi connectivity index (χ4v) is 8.96. The summed E-state index contributed by atoms with van der Waals surface area (Å²) in [6.07, 6.45) is 4.78. The largest absolute Gasteiger partial charge is 0.326 e. The van der Waals surface area contributed by atoms with Crippen molar-refractivity contribution in [3.63, 3.8) is 0 Å². The summed E-state index contributed by atoms with van der Waals surface area (Å²) >= 11 is 3.27. The Morgan fingerprint density at radius 2 is 0.898 bits per heavy atom. The Hall–Kier alpha value is -5.06. The number of para-hydroxylation sites is 2. The van der Waals surface area contributed by atoms with Gasteiger partial charge in [0.05, 0.1) is 34.3 Å². The first-order chi connectivity index (χ1) is 24.1. The number of rotatable bonds is 10. The van der Waals surface area contributed by atoms with E-state index in [1.807, 2.05) is 116 Å². The van der Waals surface area contributed by atoms with E-state index < -0.39 is 0 Å². The highest BCUT2D eigenvalue weighted by molar-refractivity contribution is 8.00. The van der Waals surface area contributed by atoms with Gasteiger partial charge in [0.2, 0.25) is 11.8 Å². The number of benzene rings is 4. The second-order valence-corrected chi connectivity index (χ2v) is 14.1. The zero-order valence-corrected chi connectivity index (χ0v) is 28.3. The summed E-state index contributed by atoms with van der Waals surface area (Å²) in [6.45, 7) is 1.08. The van der Waals surface area contributed by atoms with Gasteiger partial charge in [-0.05, 0) is 30.7 Å². The number of carbonyl (C=O) groups is 2. The third kappa shape index (κ3) is 6.29. The molecule has 2 unspecified atom stereocenters. The molecule has 0 radical (unpaired) electrons. The lowest BCUT2D eigenvalue weighted by Gasteiger charge is -2.27. The van der Waals surface area contributed by atoms with Crippen molar-refractivity contribution in [2.24, 2.45) is 0 Å². The maximum absolute atomic E-state index is 13.4. The van der Waals surface area contributed by atoms with E-state index in [0.29, 0.717) is 31.0 Å². The van der Waals surface area contributed by atoms with Gasteiger partial charge in [-0.25, -0.2) is 9.36 Å². The van der Waals surface area contributed by atoms with Crippen LogP contribution >= 0.6 is 23.5 Å². The Kier molecular flexibility index (Phi) is 8.80. The molecule has 2 atom stereocenters. The molecule has 0 aliphatic carbocycles. The minimum absolute atomic E-state index is 0.107. The standard InChI is InChI=1S/C39H34N6O2S2/c46-34-26-48-38(32-24-44(30-18-9-3-10-19-30)40-36(32)28-14-5-1-6-15-28)42(34)22-13-23-43-35(47)27-49-39(43)33-25-45(31-20-11-4-12-21-31)41-37(33)29-16-7-2-8-17-29/h1-12,14-21,24-25,38-39H,13,22-23,26-27H2. The Morgan fingerprint density at radius 3 is 1.29 bits per heavy atom. The van der Waals surface area contributed by atoms with Crippen LogP contribution in [-0.4, -0.2) is 65.8 Å². The molecule has 49 heavy (non-hydrogen) atoms. The molecule has 10 heteroatoms. The van der Waals surface area contributed by atoms with Crippen LogP contribution in [0.5, 0.6) is 0 Å². The molecule has 2 amide bonds. The van der Waals surface area contributed by atoms with Gasteiger partial charge in [-0.1, -0.05) is 97.1 Å². The molecule has 4 heterocycles. The number of thioether (sulfide) groups is 2. The van der Waals surface area contributed by atoms with E-state index in [1.54, 1.807) is 23.5 Å². The number of hydrogen-bond donors (Lipinski definition) is 0. The maximum Gasteiger partial charge on any atom is 0.233 e. The van der Waals surface area contributed by atoms with Crippen LogP contribution in [0.3, 0.4) is 0 Å². The third-order valence-corrected chi connectivity index (χ3v) is 11.4. The lowest BCUT2D eigenvalue weighted by atomic mass is 10.1. The maximum atomic E-state index is 13.4. The van der Waals surface area contributed by atoms with E-state index in [9.17, 15) is 9.59 Å². The molecule has 244 valence electrons. The molecule has 2 aliphatic heterocycles. The highest BCUT2D eigenvalue weighted by Crippen LogP contribution is 2.45. The van der Waals surface area contributed by atoms with E-state index in [1.165, 1.54) is 0 Å². The Bertz CT molecular complexity index is 1920. The predicted octanol–water partition coefficient (Wildman–Crippen LogP) is 7.63. The van der Waals surface area contributed by atoms with Crippen molar-refractivity contribution in [3.05, 3.63) is 145 Å². The fourth-order valence-electron chi connectivity index (χ4n) is 6.52. The van der Waals surface area contributed by atoms with E-state index >= 15 is 0 Å². The van der Waals surface area contributed by atoms with E-state index in [2.05, 4.69) is 36.7 Å². The summed E-state index contributed by atoms with van der Waals surface area (Å²) in [7, 11) is 0. The molecule has 0 saturated carbocycles. The molecule has 2 aliphatic rings. The second-order valence-electron chi connectivity index (χ2n) is 12.0.